The Balaban J connectivity index is 1.61. The zero-order chi connectivity index (χ0) is 19.2. The van der Waals surface area contributed by atoms with Crippen LogP contribution in [-0.2, 0) is 11.2 Å². The van der Waals surface area contributed by atoms with Gasteiger partial charge in [-0.2, -0.15) is 0 Å². The summed E-state index contributed by atoms with van der Waals surface area (Å²) in [7, 11) is 0. The average Bonchev–Trinajstić information content (AvgIpc) is 2.66. The van der Waals surface area contributed by atoms with Crippen molar-refractivity contribution in [3.8, 4) is 5.75 Å². The number of imide groups is 1. The summed E-state index contributed by atoms with van der Waals surface area (Å²) in [5.74, 6) is -0.352. The lowest BCUT2D eigenvalue weighted by Gasteiger charge is -2.28. The smallest absolute Gasteiger partial charge is 0.328 e. The summed E-state index contributed by atoms with van der Waals surface area (Å²) in [5.41, 5.74) is 1.69. The Morgan fingerprint density at radius 2 is 1.85 bits per heavy atom. The standard InChI is InChI=1S/C20H21N3O4/c24-17-10-4-1-6-14(17)7-5-12-21-19(26)15-8-2-3-9-16(15)23-13-11-18(25)22-20(23)27/h1-4,6,8-10,24H,5,7,11-13H2,(H,21,26)(H,22,25,27). The van der Waals surface area contributed by atoms with Crippen molar-refractivity contribution < 1.29 is 19.5 Å². The van der Waals surface area contributed by atoms with E-state index in [1.165, 1.54) is 4.90 Å². The Morgan fingerprint density at radius 1 is 1.11 bits per heavy atom. The van der Waals surface area contributed by atoms with Crippen LogP contribution >= 0.6 is 0 Å². The molecule has 4 amide bonds. The number of aromatic hydroxyl groups is 1. The molecule has 7 heteroatoms. The van der Waals surface area contributed by atoms with E-state index in [4.69, 9.17) is 0 Å². The Labute approximate surface area is 157 Å². The highest BCUT2D eigenvalue weighted by molar-refractivity contribution is 6.09. The van der Waals surface area contributed by atoms with Crippen molar-refractivity contribution in [2.75, 3.05) is 18.0 Å². The monoisotopic (exact) mass is 367 g/mol. The third kappa shape index (κ3) is 4.44. The minimum atomic E-state index is -0.522. The number of carbonyl (C=O) groups is 3. The third-order valence-corrected chi connectivity index (χ3v) is 4.39. The van der Waals surface area contributed by atoms with Gasteiger partial charge in [-0.05, 0) is 36.6 Å². The Bertz CT molecular complexity index is 866. The number of nitrogens with zero attached hydrogens (tertiary/aromatic N) is 1. The summed E-state index contributed by atoms with van der Waals surface area (Å²) in [6.45, 7) is 0.675. The molecule has 1 aliphatic rings. The molecule has 27 heavy (non-hydrogen) atoms. The molecule has 1 aliphatic heterocycles. The van der Waals surface area contributed by atoms with Gasteiger partial charge in [-0.15, -0.1) is 0 Å². The molecular weight excluding hydrogens is 346 g/mol. The molecule has 2 aromatic carbocycles. The third-order valence-electron chi connectivity index (χ3n) is 4.39. The van der Waals surface area contributed by atoms with Gasteiger partial charge in [-0.25, -0.2) is 4.79 Å². The van der Waals surface area contributed by atoms with E-state index in [-0.39, 0.29) is 30.5 Å². The van der Waals surface area contributed by atoms with E-state index < -0.39 is 6.03 Å². The lowest BCUT2D eigenvalue weighted by molar-refractivity contribution is -0.120. The molecule has 0 atom stereocenters. The van der Waals surface area contributed by atoms with E-state index in [9.17, 15) is 19.5 Å². The number of aryl methyl sites for hydroxylation is 1. The van der Waals surface area contributed by atoms with Gasteiger partial charge < -0.3 is 10.4 Å². The topological polar surface area (TPSA) is 98.7 Å². The number of phenolic OH excluding ortho intramolecular Hbond substituents is 1. The lowest BCUT2D eigenvalue weighted by Crippen LogP contribution is -2.50. The molecule has 0 spiro atoms. The van der Waals surface area contributed by atoms with E-state index in [1.807, 2.05) is 12.1 Å². The number of amides is 4. The molecule has 2 aromatic rings. The number of urea groups is 1. The lowest BCUT2D eigenvalue weighted by atomic mass is 10.1. The van der Waals surface area contributed by atoms with Gasteiger partial charge in [0.1, 0.15) is 5.75 Å². The summed E-state index contributed by atoms with van der Waals surface area (Å²) >= 11 is 0. The van der Waals surface area contributed by atoms with Crippen LogP contribution in [0, 0.1) is 0 Å². The number of hydrogen-bond acceptors (Lipinski definition) is 4. The second-order valence-corrected chi connectivity index (χ2v) is 6.26. The van der Waals surface area contributed by atoms with Crippen molar-refractivity contribution in [2.45, 2.75) is 19.3 Å². The van der Waals surface area contributed by atoms with Gasteiger partial charge in [0.15, 0.2) is 0 Å². The van der Waals surface area contributed by atoms with Gasteiger partial charge in [0.25, 0.3) is 5.91 Å². The van der Waals surface area contributed by atoms with Crippen LogP contribution in [-0.4, -0.2) is 36.0 Å². The molecule has 1 heterocycles. The van der Waals surface area contributed by atoms with Crippen molar-refractivity contribution in [2.24, 2.45) is 0 Å². The number of carbonyl (C=O) groups excluding carboxylic acids is 3. The van der Waals surface area contributed by atoms with Crippen molar-refractivity contribution in [3.63, 3.8) is 0 Å². The number of rotatable bonds is 6. The molecule has 3 rings (SSSR count). The minimum Gasteiger partial charge on any atom is -0.508 e. The number of anilines is 1. The number of nitrogens with one attached hydrogen (secondary N) is 2. The summed E-state index contributed by atoms with van der Waals surface area (Å²) in [6.07, 6.45) is 1.51. The highest BCUT2D eigenvalue weighted by atomic mass is 16.3. The van der Waals surface area contributed by atoms with Crippen molar-refractivity contribution >= 4 is 23.5 Å². The van der Waals surface area contributed by atoms with Crippen molar-refractivity contribution in [3.05, 3.63) is 59.7 Å². The van der Waals surface area contributed by atoms with Gasteiger partial charge in [0.2, 0.25) is 5.91 Å². The summed E-state index contributed by atoms with van der Waals surface area (Å²) in [6, 6.07) is 13.4. The Morgan fingerprint density at radius 3 is 2.63 bits per heavy atom. The fourth-order valence-corrected chi connectivity index (χ4v) is 2.99. The van der Waals surface area contributed by atoms with Crippen LogP contribution in [0.2, 0.25) is 0 Å². The molecule has 7 nitrogen and oxygen atoms in total. The van der Waals surface area contributed by atoms with Gasteiger partial charge in [-0.3, -0.25) is 19.8 Å². The van der Waals surface area contributed by atoms with Crippen LogP contribution in [0.4, 0.5) is 10.5 Å². The second-order valence-electron chi connectivity index (χ2n) is 6.26. The normalized spacial score (nSPS) is 14.0. The molecule has 0 bridgehead atoms. The first-order valence-electron chi connectivity index (χ1n) is 8.81. The van der Waals surface area contributed by atoms with Crippen molar-refractivity contribution in [1.82, 2.24) is 10.6 Å². The molecular formula is C20H21N3O4. The molecule has 0 radical (unpaired) electrons. The van der Waals surface area contributed by atoms with Crippen LogP contribution in [0.15, 0.2) is 48.5 Å². The Kier molecular flexibility index (Phi) is 5.71. The minimum absolute atomic E-state index is 0.197. The molecule has 0 unspecified atom stereocenters. The highest BCUT2D eigenvalue weighted by Gasteiger charge is 2.27. The zero-order valence-electron chi connectivity index (χ0n) is 14.8. The molecule has 1 fully saturated rings. The molecule has 1 saturated heterocycles. The second kappa shape index (κ2) is 8.35. The number of hydrogen-bond donors (Lipinski definition) is 3. The number of benzene rings is 2. The Hall–Kier alpha value is -3.35. The van der Waals surface area contributed by atoms with Crippen molar-refractivity contribution in [1.29, 1.82) is 0 Å². The van der Waals surface area contributed by atoms with Crippen LogP contribution in [0.5, 0.6) is 5.75 Å². The molecule has 0 aromatic heterocycles. The maximum atomic E-state index is 12.6. The predicted octanol–water partition coefficient (Wildman–Crippen LogP) is 2.20. The van der Waals surface area contributed by atoms with Crippen LogP contribution in [0.25, 0.3) is 0 Å². The zero-order valence-corrected chi connectivity index (χ0v) is 14.8. The first-order valence-corrected chi connectivity index (χ1v) is 8.81. The summed E-state index contributed by atoms with van der Waals surface area (Å²) in [4.78, 5) is 37.4. The molecule has 3 N–H and O–H groups in total. The van der Waals surface area contributed by atoms with E-state index in [0.717, 1.165) is 5.56 Å². The number of para-hydroxylation sites is 2. The van der Waals surface area contributed by atoms with Gasteiger partial charge in [0, 0.05) is 19.5 Å². The largest absolute Gasteiger partial charge is 0.508 e. The predicted molar refractivity (Wildman–Crippen MR) is 101 cm³/mol. The number of phenols is 1. The molecule has 140 valence electrons. The SMILES string of the molecule is O=C1CCN(c2ccccc2C(=O)NCCCc2ccccc2O)C(=O)N1. The molecule has 0 aliphatic carbocycles. The van der Waals surface area contributed by atoms with Crippen LogP contribution in [0.1, 0.15) is 28.8 Å². The van der Waals surface area contributed by atoms with Gasteiger partial charge in [-0.1, -0.05) is 30.3 Å². The van der Waals surface area contributed by atoms with E-state index >= 15 is 0 Å². The maximum Gasteiger partial charge on any atom is 0.328 e. The van der Waals surface area contributed by atoms with E-state index in [2.05, 4.69) is 10.6 Å². The highest BCUT2D eigenvalue weighted by Crippen LogP contribution is 2.22. The first kappa shape index (κ1) is 18.4. The fraction of sp³-hybridized carbons (Fsp3) is 0.250. The first-order chi connectivity index (χ1) is 13.1. The quantitative estimate of drug-likeness (QED) is 0.682. The fourth-order valence-electron chi connectivity index (χ4n) is 2.99. The van der Waals surface area contributed by atoms with Crippen LogP contribution < -0.4 is 15.5 Å². The summed E-state index contributed by atoms with van der Waals surface area (Å²) in [5, 5.41) is 14.9. The van der Waals surface area contributed by atoms with E-state index in [1.54, 1.807) is 36.4 Å². The van der Waals surface area contributed by atoms with E-state index in [0.29, 0.717) is 30.6 Å². The van der Waals surface area contributed by atoms with Crippen LogP contribution in [0.3, 0.4) is 0 Å². The van der Waals surface area contributed by atoms with Gasteiger partial charge in [0.05, 0.1) is 11.3 Å². The molecule has 0 saturated carbocycles. The van der Waals surface area contributed by atoms with Gasteiger partial charge >= 0.3 is 6.03 Å². The maximum absolute atomic E-state index is 12.6. The summed E-state index contributed by atoms with van der Waals surface area (Å²) < 4.78 is 0. The average molecular weight is 367 g/mol.